The maximum Gasteiger partial charge on any atom is 0.212 e. The summed E-state index contributed by atoms with van der Waals surface area (Å²) in [7, 11) is 2.05. The molecule has 3 heteroatoms. The van der Waals surface area contributed by atoms with Crippen LogP contribution in [0.2, 0.25) is 0 Å². The third-order valence-corrected chi connectivity index (χ3v) is 4.28. The van der Waals surface area contributed by atoms with Crippen molar-refractivity contribution in [2.45, 2.75) is 6.92 Å². The van der Waals surface area contributed by atoms with E-state index in [1.165, 1.54) is 11.1 Å². The van der Waals surface area contributed by atoms with E-state index in [2.05, 4.69) is 35.8 Å². The maximum atomic E-state index is 9.04. The quantitative estimate of drug-likeness (QED) is 0.493. The van der Waals surface area contributed by atoms with Crippen LogP contribution < -0.4 is 4.57 Å². The second-order valence-corrected chi connectivity index (χ2v) is 5.78. The van der Waals surface area contributed by atoms with Crippen LogP contribution in [0.1, 0.15) is 11.1 Å². The fourth-order valence-corrected chi connectivity index (χ4v) is 3.07. The van der Waals surface area contributed by atoms with Crippen molar-refractivity contribution in [3.8, 4) is 17.3 Å². The topological polar surface area (TPSA) is 40.8 Å². The molecule has 0 saturated heterocycles. The van der Waals surface area contributed by atoms with Gasteiger partial charge in [-0.25, -0.2) is 4.57 Å². The predicted molar refractivity (Wildman–Crippen MR) is 89.8 cm³/mol. The summed E-state index contributed by atoms with van der Waals surface area (Å²) in [5.74, 6) is 0. The minimum Gasteiger partial charge on any atom is -0.456 e. The van der Waals surface area contributed by atoms with Crippen molar-refractivity contribution in [2.75, 3.05) is 0 Å². The van der Waals surface area contributed by atoms with Gasteiger partial charge in [-0.15, -0.1) is 0 Å². The minimum atomic E-state index is 0.614. The van der Waals surface area contributed by atoms with Crippen LogP contribution in [0, 0.1) is 18.3 Å². The first kappa shape index (κ1) is 13.5. The van der Waals surface area contributed by atoms with Crippen LogP contribution in [-0.4, -0.2) is 0 Å². The van der Waals surface area contributed by atoms with Crippen LogP contribution in [0.15, 0.2) is 59.1 Å². The SMILES string of the molecule is Cc1cc2oc3cc(C#N)ccc3c2cc1-c1cccc[n+]1C. The summed E-state index contributed by atoms with van der Waals surface area (Å²) in [4.78, 5) is 0. The van der Waals surface area contributed by atoms with Crippen molar-refractivity contribution in [1.29, 1.82) is 5.26 Å². The maximum absolute atomic E-state index is 9.04. The summed E-state index contributed by atoms with van der Waals surface area (Å²) >= 11 is 0. The number of aromatic nitrogens is 1. The summed E-state index contributed by atoms with van der Waals surface area (Å²) in [5.41, 5.74) is 5.74. The van der Waals surface area contributed by atoms with Crippen molar-refractivity contribution in [3.05, 3.63) is 65.9 Å². The average Bonchev–Trinajstić information content (AvgIpc) is 2.91. The summed E-state index contributed by atoms with van der Waals surface area (Å²) in [5, 5.41) is 11.2. The molecule has 0 unspecified atom stereocenters. The van der Waals surface area contributed by atoms with Gasteiger partial charge in [0.2, 0.25) is 5.69 Å². The first-order valence-corrected chi connectivity index (χ1v) is 7.49. The molecule has 0 aliphatic rings. The highest BCUT2D eigenvalue weighted by molar-refractivity contribution is 6.06. The summed E-state index contributed by atoms with van der Waals surface area (Å²) in [6.45, 7) is 2.09. The third kappa shape index (κ3) is 2.08. The summed E-state index contributed by atoms with van der Waals surface area (Å²) in [6, 6.07) is 18.2. The Labute approximate surface area is 134 Å². The van der Waals surface area contributed by atoms with Gasteiger partial charge < -0.3 is 4.42 Å². The lowest BCUT2D eigenvalue weighted by Crippen LogP contribution is -2.30. The van der Waals surface area contributed by atoms with E-state index in [1.807, 2.05) is 37.5 Å². The number of aryl methyl sites for hydroxylation is 2. The molecule has 0 amide bonds. The third-order valence-electron chi connectivity index (χ3n) is 4.28. The van der Waals surface area contributed by atoms with E-state index in [9.17, 15) is 0 Å². The van der Waals surface area contributed by atoms with Gasteiger partial charge in [-0.05, 0) is 48.9 Å². The zero-order valence-electron chi connectivity index (χ0n) is 13.0. The van der Waals surface area contributed by atoms with E-state index in [1.54, 1.807) is 6.07 Å². The van der Waals surface area contributed by atoms with Crippen molar-refractivity contribution < 1.29 is 8.98 Å². The second kappa shape index (κ2) is 4.96. The van der Waals surface area contributed by atoms with E-state index in [0.717, 1.165) is 27.6 Å². The molecule has 0 spiro atoms. The van der Waals surface area contributed by atoms with Crippen LogP contribution in [0.25, 0.3) is 33.2 Å². The lowest BCUT2D eigenvalue weighted by atomic mass is 10.0. The molecule has 4 aromatic rings. The molecule has 110 valence electrons. The lowest BCUT2D eigenvalue weighted by Gasteiger charge is -2.04. The molecule has 0 aliphatic heterocycles. The average molecular weight is 299 g/mol. The van der Waals surface area contributed by atoms with Crippen molar-refractivity contribution in [1.82, 2.24) is 0 Å². The van der Waals surface area contributed by atoms with Crippen LogP contribution in [0.4, 0.5) is 0 Å². The first-order chi connectivity index (χ1) is 11.2. The fraction of sp³-hybridized carbons (Fsp3) is 0.100. The highest BCUT2D eigenvalue weighted by Gasteiger charge is 2.16. The number of rotatable bonds is 1. The van der Waals surface area contributed by atoms with Gasteiger partial charge in [0.05, 0.1) is 11.6 Å². The Bertz CT molecular complexity index is 1100. The number of nitriles is 1. The van der Waals surface area contributed by atoms with Crippen molar-refractivity contribution in [2.24, 2.45) is 7.05 Å². The van der Waals surface area contributed by atoms with Gasteiger partial charge in [0.1, 0.15) is 18.2 Å². The van der Waals surface area contributed by atoms with Crippen molar-refractivity contribution in [3.63, 3.8) is 0 Å². The number of benzene rings is 2. The molecule has 0 N–H and O–H groups in total. The standard InChI is InChI=1S/C20H15N2O/c1-13-9-19-17(11-16(13)18-5-3-4-8-22(18)2)15-7-6-14(12-21)10-20(15)23-19/h3-11H,1-2H3/q+1. The Morgan fingerprint density at radius 1 is 1.00 bits per heavy atom. The molecule has 23 heavy (non-hydrogen) atoms. The summed E-state index contributed by atoms with van der Waals surface area (Å²) in [6.07, 6.45) is 2.05. The number of fused-ring (bicyclic) bond motifs is 3. The number of hydrogen-bond acceptors (Lipinski definition) is 2. The molecule has 2 heterocycles. The largest absolute Gasteiger partial charge is 0.456 e. The van der Waals surface area contributed by atoms with E-state index in [4.69, 9.17) is 9.68 Å². The van der Waals surface area contributed by atoms with Crippen LogP contribution in [0.5, 0.6) is 0 Å². The second-order valence-electron chi connectivity index (χ2n) is 5.78. The number of pyridine rings is 1. The van der Waals surface area contributed by atoms with E-state index < -0.39 is 0 Å². The Hall–Kier alpha value is -3.12. The number of hydrogen-bond donors (Lipinski definition) is 0. The van der Waals surface area contributed by atoms with Gasteiger partial charge >= 0.3 is 0 Å². The molecule has 0 fully saturated rings. The lowest BCUT2D eigenvalue weighted by molar-refractivity contribution is -0.660. The van der Waals surface area contributed by atoms with Crippen LogP contribution in [-0.2, 0) is 7.05 Å². The van der Waals surface area contributed by atoms with E-state index >= 15 is 0 Å². The summed E-state index contributed by atoms with van der Waals surface area (Å²) < 4.78 is 8.05. The molecular weight excluding hydrogens is 284 g/mol. The molecule has 0 aliphatic carbocycles. The molecule has 2 aromatic heterocycles. The van der Waals surface area contributed by atoms with E-state index in [0.29, 0.717) is 5.56 Å². The van der Waals surface area contributed by atoms with Crippen LogP contribution >= 0.6 is 0 Å². The zero-order chi connectivity index (χ0) is 16.0. The first-order valence-electron chi connectivity index (χ1n) is 7.49. The molecule has 0 bridgehead atoms. The van der Waals surface area contributed by atoms with E-state index in [-0.39, 0.29) is 0 Å². The van der Waals surface area contributed by atoms with Crippen molar-refractivity contribution >= 4 is 21.9 Å². The monoisotopic (exact) mass is 299 g/mol. The molecule has 4 rings (SSSR count). The van der Waals surface area contributed by atoms with Gasteiger partial charge in [-0.1, -0.05) is 0 Å². The van der Waals surface area contributed by atoms with Crippen LogP contribution in [0.3, 0.4) is 0 Å². The Morgan fingerprint density at radius 2 is 1.83 bits per heavy atom. The molecule has 2 aromatic carbocycles. The zero-order valence-corrected chi connectivity index (χ0v) is 13.0. The Kier molecular flexibility index (Phi) is 2.92. The highest BCUT2D eigenvalue weighted by atomic mass is 16.3. The van der Waals surface area contributed by atoms with Gasteiger partial charge in [0, 0.05) is 28.5 Å². The molecule has 0 saturated carbocycles. The number of nitrogens with zero attached hydrogens (tertiary/aromatic N) is 2. The normalized spacial score (nSPS) is 11.0. The Morgan fingerprint density at radius 3 is 2.61 bits per heavy atom. The van der Waals surface area contributed by atoms with Gasteiger partial charge in [-0.3, -0.25) is 0 Å². The molecular formula is C20H15N2O+. The van der Waals surface area contributed by atoms with Gasteiger partial charge in [-0.2, -0.15) is 5.26 Å². The smallest absolute Gasteiger partial charge is 0.212 e. The minimum absolute atomic E-state index is 0.614. The predicted octanol–water partition coefficient (Wildman–Crippen LogP) is 4.26. The number of furan rings is 1. The Balaban J connectivity index is 2.05. The van der Waals surface area contributed by atoms with Gasteiger partial charge in [0.15, 0.2) is 6.20 Å². The fourth-order valence-electron chi connectivity index (χ4n) is 3.07. The molecule has 0 radical (unpaired) electrons. The molecule has 0 atom stereocenters. The van der Waals surface area contributed by atoms with Gasteiger partial charge in [0.25, 0.3) is 0 Å². The molecule has 3 nitrogen and oxygen atoms in total. The highest BCUT2D eigenvalue weighted by Crippen LogP contribution is 2.34.